The average Bonchev–Trinajstić information content (AvgIpc) is 2.13. The SMILES string of the molecule is CN1CC2(C)CCCC1C2Cl. The van der Waals surface area contributed by atoms with Gasteiger partial charge in [-0.15, -0.1) is 11.6 Å². The Hall–Kier alpha value is 0.250. The second-order valence-corrected chi connectivity index (χ2v) is 4.90. The summed E-state index contributed by atoms with van der Waals surface area (Å²) in [5.41, 5.74) is 0.416. The zero-order chi connectivity index (χ0) is 8.06. The molecule has 2 bridgehead atoms. The van der Waals surface area contributed by atoms with Gasteiger partial charge in [0.25, 0.3) is 0 Å². The number of nitrogens with zero attached hydrogens (tertiary/aromatic N) is 1. The molecule has 1 nitrogen and oxygen atoms in total. The first kappa shape index (κ1) is 7.88. The largest absolute Gasteiger partial charge is 0.301 e. The van der Waals surface area contributed by atoms with Crippen molar-refractivity contribution in [1.82, 2.24) is 4.90 Å². The Morgan fingerprint density at radius 2 is 2.27 bits per heavy atom. The van der Waals surface area contributed by atoms with Crippen LogP contribution in [-0.4, -0.2) is 29.9 Å². The van der Waals surface area contributed by atoms with Crippen LogP contribution in [0.15, 0.2) is 0 Å². The second kappa shape index (κ2) is 2.37. The molecule has 64 valence electrons. The fourth-order valence-corrected chi connectivity index (χ4v) is 3.26. The van der Waals surface area contributed by atoms with Gasteiger partial charge in [-0.05, 0) is 25.3 Å². The molecule has 0 aromatic rings. The number of hydrogen-bond acceptors (Lipinski definition) is 1. The van der Waals surface area contributed by atoms with E-state index >= 15 is 0 Å². The Balaban J connectivity index is 2.25. The van der Waals surface area contributed by atoms with Crippen molar-refractivity contribution in [2.45, 2.75) is 37.6 Å². The van der Waals surface area contributed by atoms with Gasteiger partial charge in [0, 0.05) is 12.6 Å². The molecule has 0 N–H and O–H groups in total. The number of fused-ring (bicyclic) bond motifs is 2. The van der Waals surface area contributed by atoms with Crippen molar-refractivity contribution in [1.29, 1.82) is 0 Å². The summed E-state index contributed by atoms with van der Waals surface area (Å²) in [4.78, 5) is 2.44. The van der Waals surface area contributed by atoms with Crippen LogP contribution in [0.1, 0.15) is 26.2 Å². The van der Waals surface area contributed by atoms with Gasteiger partial charge >= 0.3 is 0 Å². The summed E-state index contributed by atoms with van der Waals surface area (Å²) in [5.74, 6) is 0. The summed E-state index contributed by atoms with van der Waals surface area (Å²) in [6.45, 7) is 3.53. The van der Waals surface area contributed by atoms with E-state index in [9.17, 15) is 0 Å². The molecule has 0 spiro atoms. The van der Waals surface area contributed by atoms with Gasteiger partial charge < -0.3 is 4.90 Å². The van der Waals surface area contributed by atoms with Crippen molar-refractivity contribution < 1.29 is 0 Å². The monoisotopic (exact) mass is 173 g/mol. The maximum Gasteiger partial charge on any atom is 0.0557 e. The Morgan fingerprint density at radius 3 is 2.82 bits per heavy atom. The van der Waals surface area contributed by atoms with E-state index in [1.807, 2.05) is 0 Å². The summed E-state index contributed by atoms with van der Waals surface area (Å²) in [6, 6.07) is 0.662. The van der Waals surface area contributed by atoms with Gasteiger partial charge in [0.05, 0.1) is 5.38 Å². The van der Waals surface area contributed by atoms with Crippen LogP contribution in [-0.2, 0) is 0 Å². The summed E-state index contributed by atoms with van der Waals surface area (Å²) >= 11 is 6.37. The second-order valence-electron chi connectivity index (χ2n) is 4.43. The van der Waals surface area contributed by atoms with Crippen LogP contribution >= 0.6 is 11.6 Å². The van der Waals surface area contributed by atoms with E-state index in [1.54, 1.807) is 0 Å². The molecule has 11 heavy (non-hydrogen) atoms. The first-order valence-corrected chi connectivity index (χ1v) is 4.91. The Labute approximate surface area is 73.7 Å². The van der Waals surface area contributed by atoms with Crippen LogP contribution in [0.25, 0.3) is 0 Å². The highest BCUT2D eigenvalue weighted by Gasteiger charge is 2.49. The molecule has 3 atom stereocenters. The van der Waals surface area contributed by atoms with Gasteiger partial charge in [-0.3, -0.25) is 0 Å². The molecule has 2 heteroatoms. The zero-order valence-corrected chi connectivity index (χ0v) is 8.06. The summed E-state index contributed by atoms with van der Waals surface area (Å²) in [5, 5.41) is 0.404. The third-order valence-electron chi connectivity index (χ3n) is 3.43. The van der Waals surface area contributed by atoms with E-state index < -0.39 is 0 Å². The predicted molar refractivity (Wildman–Crippen MR) is 48.0 cm³/mol. The van der Waals surface area contributed by atoms with E-state index in [4.69, 9.17) is 11.6 Å². The van der Waals surface area contributed by atoms with Crippen LogP contribution in [0.4, 0.5) is 0 Å². The molecule has 2 fully saturated rings. The van der Waals surface area contributed by atoms with Crippen LogP contribution in [0.5, 0.6) is 0 Å². The van der Waals surface area contributed by atoms with Crippen molar-refractivity contribution in [3.63, 3.8) is 0 Å². The molecule has 0 aromatic heterocycles. The van der Waals surface area contributed by atoms with E-state index in [1.165, 1.54) is 25.8 Å². The van der Waals surface area contributed by atoms with Crippen molar-refractivity contribution in [3.05, 3.63) is 0 Å². The molecule has 1 heterocycles. The lowest BCUT2D eigenvalue weighted by Gasteiger charge is -2.33. The highest BCUT2D eigenvalue weighted by molar-refractivity contribution is 6.21. The molecular weight excluding hydrogens is 158 g/mol. The van der Waals surface area contributed by atoms with Crippen LogP contribution in [0.2, 0.25) is 0 Å². The third-order valence-corrected chi connectivity index (χ3v) is 4.25. The van der Waals surface area contributed by atoms with Crippen LogP contribution in [0.3, 0.4) is 0 Å². The quantitative estimate of drug-likeness (QED) is 0.508. The lowest BCUT2D eigenvalue weighted by atomic mass is 9.77. The van der Waals surface area contributed by atoms with E-state index in [-0.39, 0.29) is 0 Å². The fourth-order valence-electron chi connectivity index (χ4n) is 2.76. The molecule has 0 radical (unpaired) electrons. The van der Waals surface area contributed by atoms with Gasteiger partial charge in [-0.1, -0.05) is 13.3 Å². The minimum Gasteiger partial charge on any atom is -0.301 e. The van der Waals surface area contributed by atoms with Gasteiger partial charge in [-0.25, -0.2) is 0 Å². The van der Waals surface area contributed by atoms with Gasteiger partial charge in [0.1, 0.15) is 0 Å². The standard InChI is InChI=1S/C9H16ClN/c1-9-5-3-4-7(8(9)10)11(2)6-9/h7-8H,3-6H2,1-2H3. The van der Waals surface area contributed by atoms with E-state index in [0.717, 1.165) is 0 Å². The summed E-state index contributed by atoms with van der Waals surface area (Å²) < 4.78 is 0. The molecular formula is C9H16ClN. The predicted octanol–water partition coefficient (Wildman–Crippen LogP) is 2.10. The molecule has 0 amide bonds. The molecule has 3 unspecified atom stereocenters. The molecule has 1 saturated carbocycles. The lowest BCUT2D eigenvalue weighted by Crippen LogP contribution is -2.35. The molecule has 2 aliphatic rings. The minimum absolute atomic E-state index is 0.404. The average molecular weight is 174 g/mol. The zero-order valence-electron chi connectivity index (χ0n) is 7.31. The first-order valence-electron chi connectivity index (χ1n) is 4.48. The highest BCUT2D eigenvalue weighted by atomic mass is 35.5. The first-order chi connectivity index (χ1) is 5.13. The van der Waals surface area contributed by atoms with Gasteiger partial charge in [-0.2, -0.15) is 0 Å². The summed E-state index contributed by atoms with van der Waals surface area (Å²) in [6.07, 6.45) is 4.00. The van der Waals surface area contributed by atoms with E-state index in [0.29, 0.717) is 16.8 Å². The van der Waals surface area contributed by atoms with Gasteiger partial charge in [0.2, 0.25) is 0 Å². The number of likely N-dealkylation sites (tertiary alicyclic amines) is 1. The Morgan fingerprint density at radius 1 is 1.55 bits per heavy atom. The Kier molecular flexibility index (Phi) is 1.69. The molecule has 1 aliphatic heterocycles. The number of rotatable bonds is 0. The molecule has 0 aromatic carbocycles. The van der Waals surface area contributed by atoms with Crippen molar-refractivity contribution in [2.75, 3.05) is 13.6 Å². The molecule has 1 saturated heterocycles. The van der Waals surface area contributed by atoms with E-state index in [2.05, 4.69) is 18.9 Å². The van der Waals surface area contributed by atoms with Crippen LogP contribution < -0.4 is 0 Å². The Bertz CT molecular complexity index is 171. The summed E-state index contributed by atoms with van der Waals surface area (Å²) in [7, 11) is 2.20. The third kappa shape index (κ3) is 1.01. The van der Waals surface area contributed by atoms with Crippen molar-refractivity contribution >= 4 is 11.6 Å². The number of hydrogen-bond donors (Lipinski definition) is 0. The molecule has 1 aliphatic carbocycles. The normalized spacial score (nSPS) is 51.5. The van der Waals surface area contributed by atoms with Gasteiger partial charge in [0.15, 0.2) is 0 Å². The lowest BCUT2D eigenvalue weighted by molar-refractivity contribution is 0.281. The number of alkyl halides is 1. The number of halogens is 1. The minimum atomic E-state index is 0.404. The van der Waals surface area contributed by atoms with Crippen molar-refractivity contribution in [3.8, 4) is 0 Å². The smallest absolute Gasteiger partial charge is 0.0557 e. The topological polar surface area (TPSA) is 3.24 Å². The fraction of sp³-hybridized carbons (Fsp3) is 1.00. The highest BCUT2D eigenvalue weighted by Crippen LogP contribution is 2.47. The van der Waals surface area contributed by atoms with Crippen molar-refractivity contribution in [2.24, 2.45) is 5.41 Å². The maximum absolute atomic E-state index is 6.37. The maximum atomic E-state index is 6.37. The van der Waals surface area contributed by atoms with Crippen LogP contribution in [0, 0.1) is 5.41 Å². The molecule has 2 rings (SSSR count).